The number of hydrogen-bond donors (Lipinski definition) is 1. The van der Waals surface area contributed by atoms with Crippen molar-refractivity contribution in [3.05, 3.63) is 12.2 Å². The van der Waals surface area contributed by atoms with E-state index in [1.54, 1.807) is 0 Å². The first-order valence-electron chi connectivity index (χ1n) is 5.55. The second-order valence-corrected chi connectivity index (χ2v) is 4.04. The number of allylic oxidation sites excluding steroid dienone is 1. The maximum absolute atomic E-state index is 10.4. The number of primary amides is 1. The van der Waals surface area contributed by atoms with Crippen LogP contribution in [-0.4, -0.2) is 5.91 Å². The van der Waals surface area contributed by atoms with Crippen molar-refractivity contribution in [2.24, 2.45) is 5.73 Å². The Morgan fingerprint density at radius 3 is 1.86 bits per heavy atom. The van der Waals surface area contributed by atoms with Crippen molar-refractivity contribution in [1.82, 2.24) is 0 Å². The number of rotatable bonds is 9. The van der Waals surface area contributed by atoms with Crippen molar-refractivity contribution >= 4 is 5.91 Å². The Morgan fingerprint density at radius 1 is 1.00 bits per heavy atom. The summed E-state index contributed by atoms with van der Waals surface area (Å²) in [5, 5.41) is 0. The molecule has 0 fully saturated rings. The van der Waals surface area contributed by atoms with Crippen LogP contribution in [-0.2, 0) is 4.79 Å². The summed E-state index contributed by atoms with van der Waals surface area (Å²) in [4.78, 5) is 10.4. The van der Waals surface area contributed by atoms with Gasteiger partial charge in [-0.15, -0.1) is 6.58 Å². The van der Waals surface area contributed by atoms with Gasteiger partial charge in [0.2, 0.25) is 5.91 Å². The van der Waals surface area contributed by atoms with Crippen molar-refractivity contribution in [3.63, 3.8) is 0 Å². The molecule has 0 radical (unpaired) electrons. The van der Waals surface area contributed by atoms with Crippen LogP contribution in [0, 0.1) is 0 Å². The van der Waals surface area contributed by atoms with E-state index in [2.05, 4.69) is 13.5 Å². The van der Waals surface area contributed by atoms with Crippen molar-refractivity contribution in [2.75, 3.05) is 0 Å². The molecule has 2 nitrogen and oxygen atoms in total. The highest BCUT2D eigenvalue weighted by Crippen LogP contribution is 2.10. The van der Waals surface area contributed by atoms with Crippen LogP contribution in [0.1, 0.15) is 58.3 Å². The standard InChI is InChI=1S/C12H23NO/c1-11(2)9-7-5-3-4-6-8-10-12(13)14/h1,3-10H2,2H3,(H2,13,14). The topological polar surface area (TPSA) is 43.1 Å². The third-order valence-corrected chi connectivity index (χ3v) is 2.28. The van der Waals surface area contributed by atoms with Gasteiger partial charge < -0.3 is 5.73 Å². The maximum Gasteiger partial charge on any atom is 0.217 e. The number of carbonyl (C=O) groups excluding carboxylic acids is 1. The van der Waals surface area contributed by atoms with Gasteiger partial charge in [-0.05, 0) is 26.2 Å². The van der Waals surface area contributed by atoms with E-state index in [1.807, 2.05) is 0 Å². The summed E-state index contributed by atoms with van der Waals surface area (Å²) in [7, 11) is 0. The van der Waals surface area contributed by atoms with Gasteiger partial charge in [0, 0.05) is 6.42 Å². The molecule has 0 unspecified atom stereocenters. The zero-order valence-electron chi connectivity index (χ0n) is 9.35. The molecule has 14 heavy (non-hydrogen) atoms. The zero-order chi connectivity index (χ0) is 10.8. The molecule has 0 aromatic rings. The van der Waals surface area contributed by atoms with Crippen molar-refractivity contribution in [1.29, 1.82) is 0 Å². The Hall–Kier alpha value is -0.790. The molecule has 0 rings (SSSR count). The van der Waals surface area contributed by atoms with Gasteiger partial charge in [-0.2, -0.15) is 0 Å². The molecular formula is C12H23NO. The Morgan fingerprint density at radius 2 is 1.43 bits per heavy atom. The summed E-state index contributed by atoms with van der Waals surface area (Å²) in [5.74, 6) is -0.174. The van der Waals surface area contributed by atoms with Gasteiger partial charge in [-0.3, -0.25) is 4.79 Å². The lowest BCUT2D eigenvalue weighted by Gasteiger charge is -2.00. The highest BCUT2D eigenvalue weighted by Gasteiger charge is 1.95. The molecule has 0 bridgehead atoms. The van der Waals surface area contributed by atoms with Gasteiger partial charge in [0.25, 0.3) is 0 Å². The second kappa shape index (κ2) is 8.79. The zero-order valence-corrected chi connectivity index (χ0v) is 9.35. The first kappa shape index (κ1) is 13.2. The first-order valence-corrected chi connectivity index (χ1v) is 5.55. The summed E-state index contributed by atoms with van der Waals surface area (Å²) in [6.07, 6.45) is 8.82. The number of carbonyl (C=O) groups is 1. The fourth-order valence-electron chi connectivity index (χ4n) is 1.43. The van der Waals surface area contributed by atoms with E-state index in [0.717, 1.165) is 19.3 Å². The third kappa shape index (κ3) is 11.2. The minimum Gasteiger partial charge on any atom is -0.370 e. The smallest absolute Gasteiger partial charge is 0.217 e. The number of amides is 1. The van der Waals surface area contributed by atoms with Crippen molar-refractivity contribution in [2.45, 2.75) is 58.3 Å². The Labute approximate surface area is 87.6 Å². The summed E-state index contributed by atoms with van der Waals surface area (Å²) in [6.45, 7) is 5.95. The molecule has 0 aromatic heterocycles. The highest BCUT2D eigenvalue weighted by molar-refractivity contribution is 5.73. The first-order chi connectivity index (χ1) is 6.63. The van der Waals surface area contributed by atoms with Crippen LogP contribution >= 0.6 is 0 Å². The molecule has 0 spiro atoms. The molecule has 2 N–H and O–H groups in total. The van der Waals surface area contributed by atoms with Crippen LogP contribution in [0.25, 0.3) is 0 Å². The fraction of sp³-hybridized carbons (Fsp3) is 0.750. The number of hydrogen-bond acceptors (Lipinski definition) is 1. The van der Waals surface area contributed by atoms with E-state index in [4.69, 9.17) is 5.73 Å². The van der Waals surface area contributed by atoms with Crippen LogP contribution in [0.2, 0.25) is 0 Å². The van der Waals surface area contributed by atoms with Gasteiger partial charge in [-0.1, -0.05) is 31.3 Å². The molecule has 0 atom stereocenters. The molecule has 0 aliphatic heterocycles. The predicted octanol–water partition coefficient (Wildman–Crippen LogP) is 3.17. The minimum atomic E-state index is -0.174. The van der Waals surface area contributed by atoms with Gasteiger partial charge >= 0.3 is 0 Å². The summed E-state index contributed by atoms with van der Waals surface area (Å²) in [5.41, 5.74) is 6.32. The molecular weight excluding hydrogens is 174 g/mol. The molecule has 0 saturated heterocycles. The molecule has 0 saturated carbocycles. The van der Waals surface area contributed by atoms with Crippen molar-refractivity contribution < 1.29 is 4.79 Å². The lowest BCUT2D eigenvalue weighted by molar-refractivity contribution is -0.118. The van der Waals surface area contributed by atoms with Crippen LogP contribution in [0.15, 0.2) is 12.2 Å². The third-order valence-electron chi connectivity index (χ3n) is 2.28. The lowest BCUT2D eigenvalue weighted by Crippen LogP contribution is -2.09. The molecule has 0 aliphatic carbocycles. The Kier molecular flexibility index (Phi) is 8.30. The van der Waals surface area contributed by atoms with Crippen LogP contribution in [0.3, 0.4) is 0 Å². The fourth-order valence-corrected chi connectivity index (χ4v) is 1.43. The van der Waals surface area contributed by atoms with E-state index in [0.29, 0.717) is 6.42 Å². The van der Waals surface area contributed by atoms with E-state index >= 15 is 0 Å². The Bertz CT molecular complexity index is 155. The lowest BCUT2D eigenvalue weighted by atomic mass is 10.1. The van der Waals surface area contributed by atoms with Crippen LogP contribution < -0.4 is 5.73 Å². The molecule has 0 aromatic carbocycles. The molecule has 2 heteroatoms. The van der Waals surface area contributed by atoms with Crippen molar-refractivity contribution in [3.8, 4) is 0 Å². The summed E-state index contributed by atoms with van der Waals surface area (Å²) >= 11 is 0. The minimum absolute atomic E-state index is 0.174. The second-order valence-electron chi connectivity index (χ2n) is 4.04. The van der Waals surface area contributed by atoms with E-state index in [1.165, 1.54) is 31.3 Å². The monoisotopic (exact) mass is 197 g/mol. The van der Waals surface area contributed by atoms with E-state index in [-0.39, 0.29) is 5.91 Å². The number of unbranched alkanes of at least 4 members (excludes halogenated alkanes) is 5. The molecule has 82 valence electrons. The maximum atomic E-state index is 10.4. The largest absolute Gasteiger partial charge is 0.370 e. The predicted molar refractivity (Wildman–Crippen MR) is 60.9 cm³/mol. The SMILES string of the molecule is C=C(C)CCCCCCCCC(N)=O. The summed E-state index contributed by atoms with van der Waals surface area (Å²) < 4.78 is 0. The molecule has 1 amide bonds. The van der Waals surface area contributed by atoms with E-state index < -0.39 is 0 Å². The van der Waals surface area contributed by atoms with Crippen LogP contribution in [0.5, 0.6) is 0 Å². The normalized spacial score (nSPS) is 10.1. The molecule has 0 aliphatic rings. The average molecular weight is 197 g/mol. The van der Waals surface area contributed by atoms with Crippen LogP contribution in [0.4, 0.5) is 0 Å². The molecule has 0 heterocycles. The van der Waals surface area contributed by atoms with Gasteiger partial charge in [0.15, 0.2) is 0 Å². The highest BCUT2D eigenvalue weighted by atomic mass is 16.1. The van der Waals surface area contributed by atoms with Gasteiger partial charge in [0.05, 0.1) is 0 Å². The summed E-state index contributed by atoms with van der Waals surface area (Å²) in [6, 6.07) is 0. The average Bonchev–Trinajstić information content (AvgIpc) is 2.08. The number of nitrogens with two attached hydrogens (primary N) is 1. The van der Waals surface area contributed by atoms with E-state index in [9.17, 15) is 4.79 Å². The van der Waals surface area contributed by atoms with Gasteiger partial charge in [-0.25, -0.2) is 0 Å². The van der Waals surface area contributed by atoms with Gasteiger partial charge in [0.1, 0.15) is 0 Å². The quantitative estimate of drug-likeness (QED) is 0.448. The Balaban J connectivity index is 2.99.